The van der Waals surface area contributed by atoms with Crippen molar-refractivity contribution in [2.75, 3.05) is 6.54 Å². The third kappa shape index (κ3) is 4.46. The minimum Gasteiger partial charge on any atom is -0.480 e. The molecule has 0 aromatic carbocycles. The summed E-state index contributed by atoms with van der Waals surface area (Å²) in [6, 6.07) is -0.925. The van der Waals surface area contributed by atoms with Crippen LogP contribution < -0.4 is 11.1 Å². The third-order valence-corrected chi connectivity index (χ3v) is 2.35. The largest absolute Gasteiger partial charge is 0.480 e. The van der Waals surface area contributed by atoms with Crippen molar-refractivity contribution >= 4 is 11.9 Å². The van der Waals surface area contributed by atoms with Gasteiger partial charge in [0.1, 0.15) is 11.7 Å². The highest BCUT2D eigenvalue weighted by Crippen LogP contribution is 2.02. The molecule has 1 rings (SSSR count). The summed E-state index contributed by atoms with van der Waals surface area (Å²) in [6.45, 7) is 0.504. The minimum atomic E-state index is -1.07. The van der Waals surface area contributed by atoms with Crippen molar-refractivity contribution in [1.82, 2.24) is 15.3 Å². The predicted octanol–water partition coefficient (Wildman–Crippen LogP) is -0.211. The minimum absolute atomic E-state index is 0.0996. The van der Waals surface area contributed by atoms with Crippen LogP contribution in [0.1, 0.15) is 29.8 Å². The average molecular weight is 252 g/mol. The average Bonchev–Trinajstić information content (AvgIpc) is 2.38. The molecule has 1 atom stereocenters. The molecule has 1 aromatic rings. The number of carbonyl (C=O) groups is 2. The van der Waals surface area contributed by atoms with Crippen LogP contribution in [0.4, 0.5) is 0 Å². The molecule has 0 bridgehead atoms. The zero-order valence-corrected chi connectivity index (χ0v) is 9.87. The Labute approximate surface area is 104 Å². The lowest BCUT2D eigenvalue weighted by Crippen LogP contribution is -2.41. The molecule has 0 saturated carbocycles. The molecule has 7 nitrogen and oxygen atoms in total. The van der Waals surface area contributed by atoms with Gasteiger partial charge in [0.05, 0.1) is 6.20 Å². The molecule has 7 heteroatoms. The second-order valence-electron chi connectivity index (χ2n) is 3.74. The fourth-order valence-electron chi connectivity index (χ4n) is 1.40. The molecule has 0 radical (unpaired) electrons. The van der Waals surface area contributed by atoms with E-state index in [4.69, 9.17) is 10.8 Å². The maximum Gasteiger partial charge on any atom is 0.326 e. The number of rotatable bonds is 7. The van der Waals surface area contributed by atoms with Crippen LogP contribution in [-0.2, 0) is 4.79 Å². The summed E-state index contributed by atoms with van der Waals surface area (Å²) in [5.41, 5.74) is 5.43. The second-order valence-corrected chi connectivity index (χ2v) is 3.74. The Hall–Kier alpha value is -2.02. The van der Waals surface area contributed by atoms with Crippen LogP contribution in [0.3, 0.4) is 0 Å². The van der Waals surface area contributed by atoms with Crippen LogP contribution in [0.2, 0.25) is 0 Å². The van der Waals surface area contributed by atoms with Crippen LogP contribution in [-0.4, -0.2) is 39.5 Å². The Morgan fingerprint density at radius 3 is 2.72 bits per heavy atom. The topological polar surface area (TPSA) is 118 Å². The van der Waals surface area contributed by atoms with Gasteiger partial charge in [0.15, 0.2) is 0 Å². The van der Waals surface area contributed by atoms with Crippen LogP contribution in [0, 0.1) is 0 Å². The Morgan fingerprint density at radius 1 is 1.39 bits per heavy atom. The van der Waals surface area contributed by atoms with Crippen molar-refractivity contribution in [2.24, 2.45) is 5.73 Å². The van der Waals surface area contributed by atoms with E-state index in [1.54, 1.807) is 0 Å². The molecule has 0 aliphatic heterocycles. The van der Waals surface area contributed by atoms with Crippen LogP contribution in [0.5, 0.6) is 0 Å². The zero-order valence-electron chi connectivity index (χ0n) is 9.87. The molecule has 0 fully saturated rings. The van der Waals surface area contributed by atoms with Gasteiger partial charge in [-0.25, -0.2) is 9.78 Å². The van der Waals surface area contributed by atoms with Crippen LogP contribution >= 0.6 is 0 Å². The normalized spacial score (nSPS) is 11.8. The van der Waals surface area contributed by atoms with Gasteiger partial charge in [0.2, 0.25) is 0 Å². The lowest BCUT2D eigenvalue weighted by atomic mass is 10.1. The highest BCUT2D eigenvalue weighted by molar-refractivity contribution is 5.94. The fourth-order valence-corrected chi connectivity index (χ4v) is 1.40. The molecular formula is C11H16N4O3. The number of unbranched alkanes of at least 4 members (excludes halogenated alkanes) is 1. The molecule has 18 heavy (non-hydrogen) atoms. The number of aliphatic carboxylic acids is 1. The van der Waals surface area contributed by atoms with E-state index in [9.17, 15) is 9.59 Å². The number of hydrogen-bond acceptors (Lipinski definition) is 5. The predicted molar refractivity (Wildman–Crippen MR) is 63.8 cm³/mol. The van der Waals surface area contributed by atoms with Crippen molar-refractivity contribution in [2.45, 2.75) is 25.3 Å². The van der Waals surface area contributed by atoms with Crippen molar-refractivity contribution in [3.05, 3.63) is 24.3 Å². The highest BCUT2D eigenvalue weighted by atomic mass is 16.4. The van der Waals surface area contributed by atoms with E-state index in [0.29, 0.717) is 19.4 Å². The fraction of sp³-hybridized carbons (Fsp3) is 0.455. The summed E-state index contributed by atoms with van der Waals surface area (Å²) in [6.07, 6.45) is 5.82. The van der Waals surface area contributed by atoms with Gasteiger partial charge in [-0.1, -0.05) is 0 Å². The number of aromatic nitrogens is 2. The van der Waals surface area contributed by atoms with Gasteiger partial charge in [-0.3, -0.25) is 9.78 Å². The number of nitrogens with zero attached hydrogens (tertiary/aromatic N) is 2. The molecule has 4 N–H and O–H groups in total. The number of carboxylic acid groups (broad SMARTS) is 1. The number of hydrogen-bond donors (Lipinski definition) is 3. The van der Waals surface area contributed by atoms with Gasteiger partial charge in [0.25, 0.3) is 5.91 Å². The lowest BCUT2D eigenvalue weighted by molar-refractivity contribution is -0.139. The van der Waals surface area contributed by atoms with Crippen LogP contribution in [0.25, 0.3) is 0 Å². The number of nitrogens with two attached hydrogens (primary N) is 1. The number of carboxylic acids is 1. The quantitative estimate of drug-likeness (QED) is 0.578. The van der Waals surface area contributed by atoms with E-state index in [1.165, 1.54) is 18.6 Å². The van der Waals surface area contributed by atoms with E-state index in [2.05, 4.69) is 15.3 Å². The zero-order chi connectivity index (χ0) is 13.4. The van der Waals surface area contributed by atoms with Crippen molar-refractivity contribution in [3.63, 3.8) is 0 Å². The molecule has 0 spiro atoms. The van der Waals surface area contributed by atoms with E-state index < -0.39 is 17.9 Å². The smallest absolute Gasteiger partial charge is 0.326 e. The van der Waals surface area contributed by atoms with Crippen LogP contribution in [0.15, 0.2) is 18.6 Å². The maximum absolute atomic E-state index is 11.7. The third-order valence-electron chi connectivity index (χ3n) is 2.35. The first-order valence-electron chi connectivity index (χ1n) is 5.65. The second kappa shape index (κ2) is 7.33. The first-order valence-corrected chi connectivity index (χ1v) is 5.65. The number of nitrogens with one attached hydrogen (secondary N) is 1. The van der Waals surface area contributed by atoms with Gasteiger partial charge in [0, 0.05) is 12.4 Å². The Balaban J connectivity index is 2.55. The molecular weight excluding hydrogens is 236 g/mol. The molecule has 0 aliphatic rings. The van der Waals surface area contributed by atoms with Gasteiger partial charge >= 0.3 is 5.97 Å². The van der Waals surface area contributed by atoms with Gasteiger partial charge in [-0.2, -0.15) is 0 Å². The molecule has 0 saturated heterocycles. The first-order chi connectivity index (χ1) is 8.65. The molecule has 1 aromatic heterocycles. The van der Waals surface area contributed by atoms with E-state index in [0.717, 1.165) is 6.42 Å². The molecule has 1 amide bonds. The van der Waals surface area contributed by atoms with Crippen molar-refractivity contribution in [1.29, 1.82) is 0 Å². The Morgan fingerprint density at radius 2 is 2.17 bits per heavy atom. The molecule has 1 heterocycles. The Bertz CT molecular complexity index is 397. The lowest BCUT2D eigenvalue weighted by Gasteiger charge is -2.13. The first kappa shape index (κ1) is 14.0. The molecule has 0 aliphatic carbocycles. The summed E-state index contributed by atoms with van der Waals surface area (Å²) in [5, 5.41) is 11.4. The molecule has 1 unspecified atom stereocenters. The SMILES string of the molecule is NCCCCC(NC(=O)c1cnccn1)C(=O)O. The summed E-state index contributed by atoms with van der Waals surface area (Å²) in [5.74, 6) is -1.60. The number of carbonyl (C=O) groups excluding carboxylic acids is 1. The standard InChI is InChI=1S/C11H16N4O3/c12-4-2-1-3-8(11(17)18)15-10(16)9-7-13-5-6-14-9/h5-8H,1-4,12H2,(H,15,16)(H,17,18). The van der Waals surface area contributed by atoms with Gasteiger partial charge in [-0.15, -0.1) is 0 Å². The Kier molecular flexibility index (Phi) is 5.72. The van der Waals surface area contributed by atoms with E-state index >= 15 is 0 Å². The van der Waals surface area contributed by atoms with E-state index in [1.807, 2.05) is 0 Å². The summed E-state index contributed by atoms with van der Waals surface area (Å²) < 4.78 is 0. The maximum atomic E-state index is 11.7. The number of amides is 1. The van der Waals surface area contributed by atoms with E-state index in [-0.39, 0.29) is 5.69 Å². The highest BCUT2D eigenvalue weighted by Gasteiger charge is 2.20. The summed E-state index contributed by atoms with van der Waals surface area (Å²) >= 11 is 0. The molecule has 98 valence electrons. The summed E-state index contributed by atoms with van der Waals surface area (Å²) in [7, 11) is 0. The monoisotopic (exact) mass is 252 g/mol. The van der Waals surface area contributed by atoms with Gasteiger partial charge in [-0.05, 0) is 25.8 Å². The van der Waals surface area contributed by atoms with Crippen molar-refractivity contribution in [3.8, 4) is 0 Å². The van der Waals surface area contributed by atoms with Crippen molar-refractivity contribution < 1.29 is 14.7 Å². The summed E-state index contributed by atoms with van der Waals surface area (Å²) in [4.78, 5) is 30.2. The van der Waals surface area contributed by atoms with Gasteiger partial charge < -0.3 is 16.2 Å².